The predicted octanol–water partition coefficient (Wildman–Crippen LogP) is 2.59. The number of aromatic nitrogens is 1. The van der Waals surface area contributed by atoms with E-state index < -0.39 is 0 Å². The zero-order valence-electron chi connectivity index (χ0n) is 11.7. The van der Waals surface area contributed by atoms with Crippen LogP contribution in [0.5, 0.6) is 0 Å². The van der Waals surface area contributed by atoms with Crippen molar-refractivity contribution in [2.45, 2.75) is 38.8 Å². The van der Waals surface area contributed by atoms with E-state index in [0.29, 0.717) is 11.7 Å². The second-order valence-corrected chi connectivity index (χ2v) is 5.30. The van der Waals surface area contributed by atoms with Crippen molar-refractivity contribution in [3.63, 3.8) is 0 Å². The van der Waals surface area contributed by atoms with Crippen LogP contribution in [0.4, 0.5) is 0 Å². The molecule has 1 saturated heterocycles. The molecule has 0 aliphatic carbocycles. The largest absolute Gasteiger partial charge is 0.459 e. The number of rotatable bonds is 4. The number of hydrogen-bond donors (Lipinski definition) is 1. The first-order valence-electron chi connectivity index (χ1n) is 7.13. The summed E-state index contributed by atoms with van der Waals surface area (Å²) >= 11 is 0. The monoisotopic (exact) mass is 276 g/mol. The Balaban J connectivity index is 1.77. The van der Waals surface area contributed by atoms with Crippen LogP contribution < -0.4 is 0 Å². The van der Waals surface area contributed by atoms with E-state index in [4.69, 9.17) is 8.83 Å². The zero-order chi connectivity index (χ0) is 13.9. The molecule has 0 bridgehead atoms. The Hall–Kier alpha value is -1.59. The Morgan fingerprint density at radius 1 is 1.45 bits per heavy atom. The van der Waals surface area contributed by atoms with Gasteiger partial charge in [0.25, 0.3) is 5.89 Å². The van der Waals surface area contributed by atoms with Gasteiger partial charge in [0.15, 0.2) is 5.76 Å². The molecule has 1 unspecified atom stereocenters. The highest BCUT2D eigenvalue weighted by Gasteiger charge is 2.24. The van der Waals surface area contributed by atoms with Crippen LogP contribution in [0.25, 0.3) is 11.7 Å². The summed E-state index contributed by atoms with van der Waals surface area (Å²) in [5.74, 6) is 2.00. The third kappa shape index (κ3) is 2.64. The van der Waals surface area contributed by atoms with Crippen molar-refractivity contribution in [3.8, 4) is 11.7 Å². The number of piperidine rings is 1. The van der Waals surface area contributed by atoms with Crippen molar-refractivity contribution in [3.05, 3.63) is 29.9 Å². The first-order chi connectivity index (χ1) is 9.78. The second-order valence-electron chi connectivity index (χ2n) is 5.30. The normalized spacial score (nSPS) is 20.4. The highest BCUT2D eigenvalue weighted by molar-refractivity contribution is 5.44. The number of oxazole rings is 1. The smallest absolute Gasteiger partial charge is 0.263 e. The third-order valence-electron chi connectivity index (χ3n) is 3.94. The average molecular weight is 276 g/mol. The molecule has 108 valence electrons. The summed E-state index contributed by atoms with van der Waals surface area (Å²) in [4.78, 5) is 6.82. The van der Waals surface area contributed by atoms with Crippen LogP contribution in [0.15, 0.2) is 27.2 Å². The number of likely N-dealkylation sites (tertiary alicyclic amines) is 1. The van der Waals surface area contributed by atoms with Crippen LogP contribution in [0.1, 0.15) is 30.7 Å². The van der Waals surface area contributed by atoms with Crippen LogP contribution in [0, 0.1) is 6.92 Å². The van der Waals surface area contributed by atoms with Crippen molar-refractivity contribution in [1.29, 1.82) is 0 Å². The van der Waals surface area contributed by atoms with Gasteiger partial charge in [0.05, 0.1) is 18.6 Å². The molecule has 0 saturated carbocycles. The number of aliphatic hydroxyl groups excluding tert-OH is 1. The Kier molecular flexibility index (Phi) is 3.89. The fourth-order valence-electron chi connectivity index (χ4n) is 2.75. The number of furan rings is 1. The molecule has 2 aromatic heterocycles. The first kappa shape index (κ1) is 13.4. The Bertz CT molecular complexity index is 547. The molecule has 0 aromatic carbocycles. The summed E-state index contributed by atoms with van der Waals surface area (Å²) < 4.78 is 11.0. The standard InChI is InChI=1S/C15H20N2O3/c1-11-13(9-17-7-3-2-5-12(17)10-18)16-15(20-11)14-6-4-8-19-14/h4,6,8,12,18H,2-3,5,7,9-10H2,1H3. The van der Waals surface area contributed by atoms with E-state index in [0.717, 1.165) is 31.0 Å². The quantitative estimate of drug-likeness (QED) is 0.930. The topological polar surface area (TPSA) is 62.6 Å². The van der Waals surface area contributed by atoms with Crippen LogP contribution in [-0.4, -0.2) is 34.2 Å². The minimum absolute atomic E-state index is 0.210. The van der Waals surface area contributed by atoms with Gasteiger partial charge in [-0.1, -0.05) is 6.42 Å². The highest BCUT2D eigenvalue weighted by atomic mass is 16.4. The Labute approximate surface area is 118 Å². The fraction of sp³-hybridized carbons (Fsp3) is 0.533. The fourth-order valence-corrected chi connectivity index (χ4v) is 2.75. The molecule has 0 radical (unpaired) electrons. The molecular weight excluding hydrogens is 256 g/mol. The summed E-state index contributed by atoms with van der Waals surface area (Å²) in [6.07, 6.45) is 5.04. The molecule has 2 aromatic rings. The lowest BCUT2D eigenvalue weighted by Crippen LogP contribution is -2.41. The molecule has 0 amide bonds. The summed E-state index contributed by atoms with van der Waals surface area (Å²) in [6.45, 7) is 3.86. The maximum atomic E-state index is 9.46. The van der Waals surface area contributed by atoms with Crippen molar-refractivity contribution in [1.82, 2.24) is 9.88 Å². The van der Waals surface area contributed by atoms with Gasteiger partial charge in [0, 0.05) is 12.6 Å². The molecule has 3 heterocycles. The lowest BCUT2D eigenvalue weighted by atomic mass is 10.0. The zero-order valence-corrected chi connectivity index (χ0v) is 11.7. The van der Waals surface area contributed by atoms with Crippen LogP contribution in [-0.2, 0) is 6.54 Å². The van der Waals surface area contributed by atoms with Gasteiger partial charge in [0.1, 0.15) is 5.76 Å². The first-order valence-corrected chi connectivity index (χ1v) is 7.13. The van der Waals surface area contributed by atoms with E-state index in [1.165, 1.54) is 12.8 Å². The van der Waals surface area contributed by atoms with Crippen molar-refractivity contribution >= 4 is 0 Å². The molecule has 20 heavy (non-hydrogen) atoms. The molecule has 1 fully saturated rings. The minimum Gasteiger partial charge on any atom is -0.459 e. The van der Waals surface area contributed by atoms with Crippen LogP contribution in [0.3, 0.4) is 0 Å². The highest BCUT2D eigenvalue weighted by Crippen LogP contribution is 2.25. The van der Waals surface area contributed by atoms with E-state index in [1.807, 2.05) is 19.1 Å². The molecule has 1 atom stereocenters. The molecular formula is C15H20N2O3. The van der Waals surface area contributed by atoms with Crippen LogP contribution in [0.2, 0.25) is 0 Å². The number of aliphatic hydroxyl groups is 1. The van der Waals surface area contributed by atoms with Gasteiger partial charge >= 0.3 is 0 Å². The molecule has 1 aliphatic rings. The maximum Gasteiger partial charge on any atom is 0.263 e. The van der Waals surface area contributed by atoms with Gasteiger partial charge in [-0.05, 0) is 38.4 Å². The SMILES string of the molecule is Cc1oc(-c2ccco2)nc1CN1CCCCC1CO. The van der Waals surface area contributed by atoms with Gasteiger partial charge < -0.3 is 13.9 Å². The van der Waals surface area contributed by atoms with Crippen molar-refractivity contribution in [2.75, 3.05) is 13.2 Å². The lowest BCUT2D eigenvalue weighted by Gasteiger charge is -2.33. The van der Waals surface area contributed by atoms with Crippen molar-refractivity contribution < 1.29 is 13.9 Å². The molecule has 3 rings (SSSR count). The van der Waals surface area contributed by atoms with Gasteiger partial charge in [-0.25, -0.2) is 4.98 Å². The average Bonchev–Trinajstić information content (AvgIpc) is 3.10. The van der Waals surface area contributed by atoms with E-state index in [2.05, 4.69) is 9.88 Å². The molecule has 0 spiro atoms. The number of aryl methyl sites for hydroxylation is 1. The molecule has 5 nitrogen and oxygen atoms in total. The van der Waals surface area contributed by atoms with Crippen LogP contribution >= 0.6 is 0 Å². The van der Waals surface area contributed by atoms with Gasteiger partial charge in [-0.15, -0.1) is 0 Å². The van der Waals surface area contributed by atoms with E-state index in [9.17, 15) is 5.11 Å². The Morgan fingerprint density at radius 3 is 3.10 bits per heavy atom. The molecule has 1 aliphatic heterocycles. The van der Waals surface area contributed by atoms with Gasteiger partial charge in [-0.3, -0.25) is 4.90 Å². The lowest BCUT2D eigenvalue weighted by molar-refractivity contribution is 0.0828. The van der Waals surface area contributed by atoms with Gasteiger partial charge in [0.2, 0.25) is 0 Å². The van der Waals surface area contributed by atoms with Crippen molar-refractivity contribution in [2.24, 2.45) is 0 Å². The van der Waals surface area contributed by atoms with Gasteiger partial charge in [-0.2, -0.15) is 0 Å². The summed E-state index contributed by atoms with van der Waals surface area (Å²) in [6, 6.07) is 3.90. The second kappa shape index (κ2) is 5.81. The summed E-state index contributed by atoms with van der Waals surface area (Å²) in [7, 11) is 0. The van der Waals surface area contributed by atoms with E-state index in [-0.39, 0.29) is 12.6 Å². The number of hydrogen-bond acceptors (Lipinski definition) is 5. The minimum atomic E-state index is 0.210. The molecule has 5 heteroatoms. The summed E-state index contributed by atoms with van der Waals surface area (Å²) in [5.41, 5.74) is 0.928. The van der Waals surface area contributed by atoms with E-state index >= 15 is 0 Å². The number of nitrogens with zero attached hydrogens (tertiary/aromatic N) is 2. The third-order valence-corrected chi connectivity index (χ3v) is 3.94. The van der Waals surface area contributed by atoms with E-state index in [1.54, 1.807) is 6.26 Å². The summed E-state index contributed by atoms with van der Waals surface area (Å²) in [5, 5.41) is 9.46. The predicted molar refractivity (Wildman–Crippen MR) is 74.1 cm³/mol. The Morgan fingerprint density at radius 2 is 2.35 bits per heavy atom. The maximum absolute atomic E-state index is 9.46. The molecule has 1 N–H and O–H groups in total.